The molecule has 0 aliphatic carbocycles. The van der Waals surface area contributed by atoms with Gasteiger partial charge in [0.1, 0.15) is 0 Å². The Hall–Kier alpha value is -3.99. The number of fused-ring (bicyclic) bond motifs is 1. The normalized spacial score (nSPS) is 11.5. The van der Waals surface area contributed by atoms with Crippen LogP contribution in [0.25, 0.3) is 10.8 Å². The smallest absolute Gasteiger partial charge is 0.360 e. The van der Waals surface area contributed by atoms with Crippen molar-refractivity contribution in [3.8, 4) is 6.07 Å². The number of unbranched alkanes of at least 4 members (excludes halogenated alkanes) is 1. The van der Waals surface area contributed by atoms with Gasteiger partial charge in [0, 0.05) is 17.6 Å². The number of rotatable bonds is 7. The first-order chi connectivity index (χ1) is 14.9. The quantitative estimate of drug-likeness (QED) is 0.589. The molecule has 1 amide bonds. The maximum Gasteiger partial charge on any atom is 0.360 e. The average molecular weight is 418 g/mol. The van der Waals surface area contributed by atoms with E-state index in [2.05, 4.69) is 10.4 Å². The highest BCUT2D eigenvalue weighted by Crippen LogP contribution is 2.16. The van der Waals surface area contributed by atoms with Gasteiger partial charge in [-0.05, 0) is 43.7 Å². The molecule has 3 rings (SSSR count). The van der Waals surface area contributed by atoms with Crippen molar-refractivity contribution >= 4 is 28.3 Å². The number of aromatic nitrogens is 2. The number of nitrogens with zero attached hydrogens (tertiary/aromatic N) is 3. The van der Waals surface area contributed by atoms with E-state index < -0.39 is 18.0 Å². The number of aryl methyl sites for hydroxylation is 1. The number of hydrogen-bond donors (Lipinski definition) is 1. The summed E-state index contributed by atoms with van der Waals surface area (Å²) in [4.78, 5) is 37.9. The van der Waals surface area contributed by atoms with Gasteiger partial charge in [-0.2, -0.15) is 10.4 Å². The molecule has 31 heavy (non-hydrogen) atoms. The molecule has 1 aromatic heterocycles. The van der Waals surface area contributed by atoms with Crippen LogP contribution in [-0.2, 0) is 16.1 Å². The molecule has 0 spiro atoms. The van der Waals surface area contributed by atoms with E-state index in [1.165, 1.54) is 11.6 Å². The van der Waals surface area contributed by atoms with E-state index in [0.717, 1.165) is 12.8 Å². The summed E-state index contributed by atoms with van der Waals surface area (Å²) < 4.78 is 6.61. The van der Waals surface area contributed by atoms with Gasteiger partial charge < -0.3 is 10.1 Å². The van der Waals surface area contributed by atoms with Crippen molar-refractivity contribution in [2.75, 3.05) is 5.32 Å². The van der Waals surface area contributed by atoms with Crippen LogP contribution >= 0.6 is 0 Å². The molecule has 1 atom stereocenters. The summed E-state index contributed by atoms with van der Waals surface area (Å²) in [5, 5.41) is 16.4. The molecule has 0 aliphatic heterocycles. The molecular formula is C23H22N4O4. The first-order valence-electron chi connectivity index (χ1n) is 9.96. The molecule has 0 unspecified atom stereocenters. The number of hydrogen-bond acceptors (Lipinski definition) is 6. The molecule has 1 heterocycles. The lowest BCUT2D eigenvalue weighted by Crippen LogP contribution is -2.32. The Bertz CT molecular complexity index is 1210. The minimum atomic E-state index is -1.10. The summed E-state index contributed by atoms with van der Waals surface area (Å²) >= 11 is 0. The lowest BCUT2D eigenvalue weighted by Gasteiger charge is -2.15. The number of ether oxygens (including phenoxy) is 1. The van der Waals surface area contributed by atoms with Gasteiger partial charge in [0.25, 0.3) is 11.5 Å². The highest BCUT2D eigenvalue weighted by atomic mass is 16.5. The number of carbonyl (C=O) groups is 2. The van der Waals surface area contributed by atoms with Gasteiger partial charge >= 0.3 is 5.97 Å². The fourth-order valence-electron chi connectivity index (χ4n) is 2.99. The third-order valence-corrected chi connectivity index (χ3v) is 4.72. The SMILES string of the molecule is CCCCn1nc(C(=O)O[C@@H](C)C(=O)Nc2ccc(C#N)cc2)c2ccccc2c1=O. The zero-order chi connectivity index (χ0) is 22.4. The standard InChI is InChI=1S/C23H22N4O4/c1-3-4-13-27-22(29)19-8-6-5-7-18(19)20(26-27)23(30)31-15(2)21(28)25-17-11-9-16(14-24)10-12-17/h5-12,15H,3-4,13H2,1-2H3,(H,25,28)/t15-/m0/s1. The number of nitrogens with one attached hydrogen (secondary N) is 1. The first-order valence-corrected chi connectivity index (χ1v) is 9.96. The van der Waals surface area contributed by atoms with Crippen molar-refractivity contribution < 1.29 is 14.3 Å². The maximum atomic E-state index is 12.8. The molecule has 3 aromatic rings. The topological polar surface area (TPSA) is 114 Å². The monoisotopic (exact) mass is 418 g/mol. The van der Waals surface area contributed by atoms with Crippen molar-refractivity contribution in [3.63, 3.8) is 0 Å². The van der Waals surface area contributed by atoms with Gasteiger partial charge in [-0.3, -0.25) is 9.59 Å². The largest absolute Gasteiger partial charge is 0.448 e. The first kappa shape index (κ1) is 21.7. The summed E-state index contributed by atoms with van der Waals surface area (Å²) in [5.74, 6) is -1.31. The Kier molecular flexibility index (Phi) is 6.78. The molecule has 0 saturated carbocycles. The minimum absolute atomic E-state index is 0.00988. The van der Waals surface area contributed by atoms with E-state index in [4.69, 9.17) is 10.00 Å². The number of nitriles is 1. The van der Waals surface area contributed by atoms with Gasteiger partial charge in [-0.15, -0.1) is 0 Å². The maximum absolute atomic E-state index is 12.8. The third kappa shape index (κ3) is 4.95. The van der Waals surface area contributed by atoms with Gasteiger partial charge in [0.15, 0.2) is 11.8 Å². The molecule has 2 aromatic carbocycles. The fraction of sp³-hybridized carbons (Fsp3) is 0.261. The molecule has 8 nitrogen and oxygen atoms in total. The Morgan fingerprint density at radius 2 is 1.84 bits per heavy atom. The molecule has 8 heteroatoms. The number of benzene rings is 2. The second kappa shape index (κ2) is 9.67. The molecule has 0 radical (unpaired) electrons. The van der Waals surface area contributed by atoms with E-state index in [9.17, 15) is 14.4 Å². The van der Waals surface area contributed by atoms with Crippen LogP contribution in [0.2, 0.25) is 0 Å². The van der Waals surface area contributed by atoms with Crippen LogP contribution in [0.4, 0.5) is 5.69 Å². The lowest BCUT2D eigenvalue weighted by atomic mass is 10.1. The number of anilines is 1. The predicted molar refractivity (Wildman–Crippen MR) is 116 cm³/mol. The van der Waals surface area contributed by atoms with Crippen molar-refractivity contribution in [1.29, 1.82) is 5.26 Å². The second-order valence-corrected chi connectivity index (χ2v) is 7.00. The average Bonchev–Trinajstić information content (AvgIpc) is 2.79. The van der Waals surface area contributed by atoms with E-state index in [1.807, 2.05) is 13.0 Å². The third-order valence-electron chi connectivity index (χ3n) is 4.72. The van der Waals surface area contributed by atoms with E-state index in [0.29, 0.717) is 28.6 Å². The molecule has 0 bridgehead atoms. The zero-order valence-corrected chi connectivity index (χ0v) is 17.3. The lowest BCUT2D eigenvalue weighted by molar-refractivity contribution is -0.123. The molecule has 0 aliphatic rings. The minimum Gasteiger partial charge on any atom is -0.448 e. The van der Waals surface area contributed by atoms with Crippen LogP contribution in [0, 0.1) is 11.3 Å². The van der Waals surface area contributed by atoms with Crippen LogP contribution in [0.5, 0.6) is 0 Å². The van der Waals surface area contributed by atoms with Crippen molar-refractivity contribution in [2.45, 2.75) is 39.3 Å². The second-order valence-electron chi connectivity index (χ2n) is 7.00. The summed E-state index contributed by atoms with van der Waals surface area (Å²) in [6, 6.07) is 15.0. The molecule has 1 N–H and O–H groups in total. The number of carbonyl (C=O) groups excluding carboxylic acids is 2. The Morgan fingerprint density at radius 3 is 2.48 bits per heavy atom. The van der Waals surface area contributed by atoms with Gasteiger partial charge in [-0.25, -0.2) is 9.48 Å². The van der Waals surface area contributed by atoms with Gasteiger partial charge in [-0.1, -0.05) is 31.5 Å². The van der Waals surface area contributed by atoms with Crippen LogP contribution in [-0.4, -0.2) is 27.8 Å². The molecule has 0 saturated heterocycles. The van der Waals surface area contributed by atoms with Crippen LogP contribution in [0.15, 0.2) is 53.3 Å². The fourth-order valence-corrected chi connectivity index (χ4v) is 2.99. The zero-order valence-electron chi connectivity index (χ0n) is 17.3. The Labute approximate surface area is 179 Å². The van der Waals surface area contributed by atoms with Crippen LogP contribution in [0.1, 0.15) is 42.7 Å². The van der Waals surface area contributed by atoms with Crippen molar-refractivity contribution in [1.82, 2.24) is 9.78 Å². The highest BCUT2D eigenvalue weighted by Gasteiger charge is 2.23. The summed E-state index contributed by atoms with van der Waals surface area (Å²) in [5.41, 5.74) is 0.661. The van der Waals surface area contributed by atoms with E-state index in [1.54, 1.807) is 48.5 Å². The Morgan fingerprint density at radius 1 is 1.16 bits per heavy atom. The Balaban J connectivity index is 1.81. The number of amides is 1. The number of esters is 1. The van der Waals surface area contributed by atoms with Gasteiger partial charge in [0.05, 0.1) is 17.0 Å². The van der Waals surface area contributed by atoms with Crippen molar-refractivity contribution in [3.05, 3.63) is 70.1 Å². The predicted octanol–water partition coefficient (Wildman–Crippen LogP) is 3.25. The van der Waals surface area contributed by atoms with Crippen LogP contribution in [0.3, 0.4) is 0 Å². The summed E-state index contributed by atoms with van der Waals surface area (Å²) in [7, 11) is 0. The van der Waals surface area contributed by atoms with Crippen LogP contribution < -0.4 is 10.9 Å². The molecular weight excluding hydrogens is 396 g/mol. The van der Waals surface area contributed by atoms with E-state index >= 15 is 0 Å². The summed E-state index contributed by atoms with van der Waals surface area (Å²) in [6.45, 7) is 3.83. The summed E-state index contributed by atoms with van der Waals surface area (Å²) in [6.07, 6.45) is 0.510. The molecule has 158 valence electrons. The highest BCUT2D eigenvalue weighted by molar-refractivity contribution is 6.03. The van der Waals surface area contributed by atoms with E-state index in [-0.39, 0.29) is 11.3 Å². The molecule has 0 fully saturated rings. The van der Waals surface area contributed by atoms with Gasteiger partial charge in [0.2, 0.25) is 0 Å². The van der Waals surface area contributed by atoms with Crippen molar-refractivity contribution in [2.24, 2.45) is 0 Å².